The van der Waals surface area contributed by atoms with Crippen molar-refractivity contribution in [3.8, 4) is 5.75 Å². The molecule has 128 valence electrons. The van der Waals surface area contributed by atoms with E-state index in [0.29, 0.717) is 24.6 Å². The zero-order valence-corrected chi connectivity index (χ0v) is 14.7. The molecular weight excluding hydrogens is 300 g/mol. The number of rotatable bonds is 8. The van der Waals surface area contributed by atoms with Gasteiger partial charge in [-0.15, -0.1) is 0 Å². The third-order valence-corrected chi connectivity index (χ3v) is 3.76. The normalized spacial score (nSPS) is 10.7. The fraction of sp³-hybridized carbons (Fsp3) is 0.350. The summed E-state index contributed by atoms with van der Waals surface area (Å²) in [4.78, 5) is 14.3. The Balaban J connectivity index is 1.89. The second-order valence-electron chi connectivity index (χ2n) is 5.82. The highest BCUT2D eigenvalue weighted by molar-refractivity contribution is 5.93. The van der Waals surface area contributed by atoms with Crippen LogP contribution >= 0.6 is 0 Å². The average Bonchev–Trinajstić information content (AvgIpc) is 2.57. The van der Waals surface area contributed by atoms with Crippen molar-refractivity contribution in [2.75, 3.05) is 25.5 Å². The summed E-state index contributed by atoms with van der Waals surface area (Å²) in [6.45, 7) is 5.71. The number of anilines is 1. The minimum absolute atomic E-state index is 0.0465. The summed E-state index contributed by atoms with van der Waals surface area (Å²) in [7, 11) is 1.95. The molecule has 2 aromatic rings. The third kappa shape index (κ3) is 5.39. The van der Waals surface area contributed by atoms with E-state index in [2.05, 4.69) is 36.5 Å². The fourth-order valence-corrected chi connectivity index (χ4v) is 2.53. The minimum Gasteiger partial charge on any atom is -0.492 e. The zero-order chi connectivity index (χ0) is 17.4. The van der Waals surface area contributed by atoms with Crippen molar-refractivity contribution in [1.82, 2.24) is 4.90 Å². The largest absolute Gasteiger partial charge is 0.492 e. The Morgan fingerprint density at radius 2 is 1.71 bits per heavy atom. The van der Waals surface area contributed by atoms with Gasteiger partial charge in [-0.25, -0.2) is 0 Å². The van der Waals surface area contributed by atoms with E-state index in [1.807, 2.05) is 43.1 Å². The van der Waals surface area contributed by atoms with E-state index in [4.69, 9.17) is 4.74 Å². The van der Waals surface area contributed by atoms with Crippen molar-refractivity contribution in [3.05, 3.63) is 59.7 Å². The molecule has 1 amide bonds. The van der Waals surface area contributed by atoms with Crippen LogP contribution in [0.4, 0.5) is 5.69 Å². The molecule has 0 aliphatic carbocycles. The highest BCUT2D eigenvalue weighted by Gasteiger charge is 2.10. The second kappa shape index (κ2) is 9.08. The number of carbonyl (C=O) groups excluding carboxylic acids is 1. The van der Waals surface area contributed by atoms with Crippen LogP contribution in [0.15, 0.2) is 48.5 Å². The number of hydrogen-bond acceptors (Lipinski definition) is 3. The Kier molecular flexibility index (Phi) is 6.82. The molecule has 0 heterocycles. The lowest BCUT2D eigenvalue weighted by atomic mass is 10.1. The predicted octanol–water partition coefficient (Wildman–Crippen LogP) is 3.72. The first kappa shape index (κ1) is 18.0. The predicted molar refractivity (Wildman–Crippen MR) is 98.4 cm³/mol. The monoisotopic (exact) mass is 326 g/mol. The molecule has 24 heavy (non-hydrogen) atoms. The zero-order valence-electron chi connectivity index (χ0n) is 14.7. The van der Waals surface area contributed by atoms with Crippen molar-refractivity contribution in [3.63, 3.8) is 0 Å². The number of para-hydroxylation sites is 2. The SMILES string of the molecule is CCOc1ccccc1NC(=O)CN(C)Cc1ccc(CC)cc1. The summed E-state index contributed by atoms with van der Waals surface area (Å²) in [5, 5.41) is 2.92. The van der Waals surface area contributed by atoms with Crippen LogP contribution in [0.5, 0.6) is 5.75 Å². The molecule has 0 spiro atoms. The van der Waals surface area contributed by atoms with E-state index >= 15 is 0 Å². The lowest BCUT2D eigenvalue weighted by Gasteiger charge is -2.17. The van der Waals surface area contributed by atoms with Gasteiger partial charge in [-0.2, -0.15) is 0 Å². The molecule has 0 aromatic heterocycles. The summed E-state index contributed by atoms with van der Waals surface area (Å²) in [6.07, 6.45) is 1.04. The molecule has 4 heteroatoms. The van der Waals surface area contributed by atoms with Crippen LogP contribution in [0.1, 0.15) is 25.0 Å². The number of likely N-dealkylation sites (N-methyl/N-ethyl adjacent to an activating group) is 1. The van der Waals surface area contributed by atoms with Gasteiger partial charge in [0, 0.05) is 6.54 Å². The van der Waals surface area contributed by atoms with Gasteiger partial charge >= 0.3 is 0 Å². The van der Waals surface area contributed by atoms with Crippen LogP contribution in [0.25, 0.3) is 0 Å². The lowest BCUT2D eigenvalue weighted by Crippen LogP contribution is -2.30. The maximum absolute atomic E-state index is 12.3. The summed E-state index contributed by atoms with van der Waals surface area (Å²) < 4.78 is 5.53. The van der Waals surface area contributed by atoms with Crippen LogP contribution in [-0.2, 0) is 17.8 Å². The Morgan fingerprint density at radius 3 is 2.38 bits per heavy atom. The molecule has 0 bridgehead atoms. The molecule has 1 N–H and O–H groups in total. The molecule has 0 fully saturated rings. The van der Waals surface area contributed by atoms with E-state index in [1.54, 1.807) is 0 Å². The van der Waals surface area contributed by atoms with Crippen LogP contribution in [0, 0.1) is 0 Å². The quantitative estimate of drug-likeness (QED) is 0.804. The number of ether oxygens (including phenoxy) is 1. The van der Waals surface area contributed by atoms with Crippen LogP contribution < -0.4 is 10.1 Å². The second-order valence-corrected chi connectivity index (χ2v) is 5.82. The molecular formula is C20H26N2O2. The number of carbonyl (C=O) groups is 1. The first-order valence-corrected chi connectivity index (χ1v) is 8.40. The summed E-state index contributed by atoms with van der Waals surface area (Å²) in [5.74, 6) is 0.654. The fourth-order valence-electron chi connectivity index (χ4n) is 2.53. The van der Waals surface area contributed by atoms with Crippen molar-refractivity contribution in [2.45, 2.75) is 26.8 Å². The molecule has 0 atom stereocenters. The lowest BCUT2D eigenvalue weighted by molar-refractivity contribution is -0.117. The van der Waals surface area contributed by atoms with Gasteiger partial charge in [0.2, 0.25) is 5.91 Å². The van der Waals surface area contributed by atoms with E-state index in [9.17, 15) is 4.79 Å². The van der Waals surface area contributed by atoms with Crippen LogP contribution in [-0.4, -0.2) is 31.0 Å². The van der Waals surface area contributed by atoms with Gasteiger partial charge in [0.1, 0.15) is 5.75 Å². The van der Waals surface area contributed by atoms with Crippen molar-refractivity contribution >= 4 is 11.6 Å². The molecule has 0 aliphatic heterocycles. The van der Waals surface area contributed by atoms with Crippen molar-refractivity contribution in [2.24, 2.45) is 0 Å². The number of aryl methyl sites for hydroxylation is 1. The molecule has 2 aromatic carbocycles. The van der Waals surface area contributed by atoms with Gasteiger partial charge in [0.25, 0.3) is 0 Å². The van der Waals surface area contributed by atoms with Crippen molar-refractivity contribution in [1.29, 1.82) is 0 Å². The smallest absolute Gasteiger partial charge is 0.238 e. The Hall–Kier alpha value is -2.33. The van der Waals surface area contributed by atoms with E-state index in [-0.39, 0.29) is 5.91 Å². The molecule has 0 radical (unpaired) electrons. The Labute approximate surface area is 144 Å². The number of benzene rings is 2. The van der Waals surface area contributed by atoms with Gasteiger partial charge in [-0.1, -0.05) is 43.3 Å². The molecule has 2 rings (SSSR count). The summed E-state index contributed by atoms with van der Waals surface area (Å²) in [5.41, 5.74) is 3.24. The first-order chi connectivity index (χ1) is 11.6. The molecule has 0 saturated carbocycles. The Morgan fingerprint density at radius 1 is 1.04 bits per heavy atom. The maximum Gasteiger partial charge on any atom is 0.238 e. The maximum atomic E-state index is 12.3. The minimum atomic E-state index is -0.0465. The Bertz CT molecular complexity index is 653. The number of nitrogens with one attached hydrogen (secondary N) is 1. The number of amides is 1. The summed E-state index contributed by atoms with van der Waals surface area (Å²) >= 11 is 0. The molecule has 0 aliphatic rings. The third-order valence-electron chi connectivity index (χ3n) is 3.76. The van der Waals surface area contributed by atoms with Crippen molar-refractivity contribution < 1.29 is 9.53 Å². The van der Waals surface area contributed by atoms with E-state index in [1.165, 1.54) is 11.1 Å². The van der Waals surface area contributed by atoms with Crippen LogP contribution in [0.2, 0.25) is 0 Å². The van der Waals surface area contributed by atoms with Gasteiger partial charge in [0.05, 0.1) is 18.8 Å². The highest BCUT2D eigenvalue weighted by atomic mass is 16.5. The van der Waals surface area contributed by atoms with Gasteiger partial charge < -0.3 is 10.1 Å². The highest BCUT2D eigenvalue weighted by Crippen LogP contribution is 2.23. The van der Waals surface area contributed by atoms with Crippen LogP contribution in [0.3, 0.4) is 0 Å². The topological polar surface area (TPSA) is 41.6 Å². The molecule has 4 nitrogen and oxygen atoms in total. The average molecular weight is 326 g/mol. The molecule has 0 unspecified atom stereocenters. The van der Waals surface area contributed by atoms with E-state index < -0.39 is 0 Å². The first-order valence-electron chi connectivity index (χ1n) is 8.40. The van der Waals surface area contributed by atoms with Gasteiger partial charge in [0.15, 0.2) is 0 Å². The number of nitrogens with zero attached hydrogens (tertiary/aromatic N) is 1. The molecule has 0 saturated heterocycles. The standard InChI is InChI=1S/C20H26N2O2/c1-4-16-10-12-17(13-11-16)14-22(3)15-20(23)21-18-8-6-7-9-19(18)24-5-2/h6-13H,4-5,14-15H2,1-3H3,(H,21,23). The number of hydrogen-bond donors (Lipinski definition) is 1. The van der Waals surface area contributed by atoms with E-state index in [0.717, 1.165) is 13.0 Å². The summed E-state index contributed by atoms with van der Waals surface area (Å²) in [6, 6.07) is 16.0. The van der Waals surface area contributed by atoms with Gasteiger partial charge in [-0.05, 0) is 43.7 Å². The van der Waals surface area contributed by atoms with Gasteiger partial charge in [-0.3, -0.25) is 9.69 Å².